The maximum absolute atomic E-state index is 14.1. The highest BCUT2D eigenvalue weighted by molar-refractivity contribution is 7.89. The fraction of sp³-hybridized carbons (Fsp3) is 0.387. The Morgan fingerprint density at radius 3 is 2.00 bits per heavy atom. The summed E-state index contributed by atoms with van der Waals surface area (Å²) in [5.41, 5.74) is 2.68. The maximum Gasteiger partial charge on any atom is 0.294 e. The molecule has 0 radical (unpaired) electrons. The normalized spacial score (nSPS) is 12.4. The quantitative estimate of drug-likeness (QED) is 0.113. The van der Waals surface area contributed by atoms with E-state index in [1.54, 1.807) is 0 Å². The summed E-state index contributed by atoms with van der Waals surface area (Å²) in [5, 5.41) is 20.7. The first-order valence-corrected chi connectivity index (χ1v) is 17.5. The standard InChI is InChI=1S/C31H39N3O8S2/c1-5-32(6-2)22-9-12-25-28(19-22)42-29-20-23(33(7-3)8-4)10-13-26(29)31(25)27-14-11-24(44(39,40)41)21-30(27)43(37,38)34(15-17-35)16-18-36/h9-14,19-21,35-36H,5-8,15-18H2,1-4H3/p+1. The molecule has 0 saturated heterocycles. The van der Waals surface area contributed by atoms with Crippen LogP contribution in [0.2, 0.25) is 0 Å². The van der Waals surface area contributed by atoms with Crippen LogP contribution < -0.4 is 14.8 Å². The second kappa shape index (κ2) is 13.8. The van der Waals surface area contributed by atoms with Gasteiger partial charge in [-0.15, -0.1) is 0 Å². The molecule has 2 aromatic carbocycles. The molecule has 238 valence electrons. The van der Waals surface area contributed by atoms with Crippen molar-refractivity contribution in [1.82, 2.24) is 8.88 Å². The van der Waals surface area contributed by atoms with Crippen molar-refractivity contribution in [2.24, 2.45) is 0 Å². The van der Waals surface area contributed by atoms with Crippen molar-refractivity contribution in [3.8, 4) is 22.5 Å². The highest BCUT2D eigenvalue weighted by Gasteiger charge is 2.31. The molecule has 0 atom stereocenters. The van der Waals surface area contributed by atoms with Gasteiger partial charge in [-0.25, -0.2) is 13.0 Å². The van der Waals surface area contributed by atoms with Crippen LogP contribution in [-0.4, -0.2) is 88.4 Å². The second-order valence-corrected chi connectivity index (χ2v) is 13.5. The molecule has 0 bridgehead atoms. The van der Waals surface area contributed by atoms with Crippen molar-refractivity contribution < 1.29 is 36.0 Å². The zero-order valence-electron chi connectivity index (χ0n) is 25.4. The molecule has 1 aliphatic heterocycles. The van der Waals surface area contributed by atoms with Crippen LogP contribution in [-0.2, 0) is 20.1 Å². The average Bonchev–Trinajstić information content (AvgIpc) is 3.00. The van der Waals surface area contributed by atoms with Crippen LogP contribution in [0.1, 0.15) is 27.7 Å². The first kappa shape index (κ1) is 33.6. The Morgan fingerprint density at radius 2 is 1.43 bits per heavy atom. The Bertz CT molecular complexity index is 1890. The van der Waals surface area contributed by atoms with Gasteiger partial charge in [0.05, 0.1) is 29.1 Å². The zero-order chi connectivity index (χ0) is 32.2. The highest BCUT2D eigenvalue weighted by Crippen LogP contribution is 2.44. The number of rotatable bonds is 13. The van der Waals surface area contributed by atoms with Gasteiger partial charge in [-0.3, -0.25) is 4.55 Å². The molecule has 1 heterocycles. The van der Waals surface area contributed by atoms with Gasteiger partial charge < -0.3 is 19.5 Å². The zero-order valence-corrected chi connectivity index (χ0v) is 27.0. The molecule has 0 saturated carbocycles. The van der Waals surface area contributed by atoms with Gasteiger partial charge in [0.1, 0.15) is 24.4 Å². The highest BCUT2D eigenvalue weighted by atomic mass is 32.2. The Hall–Kier alpha value is -3.33. The summed E-state index contributed by atoms with van der Waals surface area (Å²) < 4.78 is 71.9. The van der Waals surface area contributed by atoms with Crippen LogP contribution in [0.4, 0.5) is 5.69 Å². The minimum absolute atomic E-state index is 0.176. The van der Waals surface area contributed by atoms with E-state index in [0.29, 0.717) is 27.9 Å². The Balaban J connectivity index is 2.20. The van der Waals surface area contributed by atoms with Crippen LogP contribution in [0.3, 0.4) is 0 Å². The Morgan fingerprint density at radius 1 is 0.795 bits per heavy atom. The molecule has 4 rings (SSSR count). The van der Waals surface area contributed by atoms with Gasteiger partial charge in [-0.1, -0.05) is 6.07 Å². The third-order valence-corrected chi connectivity index (χ3v) is 10.6. The Kier molecular flexibility index (Phi) is 10.5. The monoisotopic (exact) mass is 646 g/mol. The van der Waals surface area contributed by atoms with Gasteiger partial charge in [0.2, 0.25) is 15.4 Å². The van der Waals surface area contributed by atoms with Gasteiger partial charge in [-0.05, 0) is 58.0 Å². The van der Waals surface area contributed by atoms with Gasteiger partial charge in [0.15, 0.2) is 0 Å². The molecule has 44 heavy (non-hydrogen) atoms. The van der Waals surface area contributed by atoms with Crippen molar-refractivity contribution in [2.75, 3.05) is 57.4 Å². The fourth-order valence-corrected chi connectivity index (χ4v) is 7.75. The summed E-state index contributed by atoms with van der Waals surface area (Å²) in [7, 11) is -9.27. The topological polar surface area (TPSA) is 152 Å². The van der Waals surface area contributed by atoms with E-state index in [0.717, 1.165) is 53.7 Å². The van der Waals surface area contributed by atoms with Crippen LogP contribution in [0.5, 0.6) is 0 Å². The molecule has 2 aromatic rings. The van der Waals surface area contributed by atoms with Crippen molar-refractivity contribution in [3.63, 3.8) is 0 Å². The van der Waals surface area contributed by atoms with Gasteiger partial charge >= 0.3 is 0 Å². The van der Waals surface area contributed by atoms with E-state index < -0.39 is 43.1 Å². The number of nitrogens with zero attached hydrogens (tertiary/aromatic N) is 3. The number of sulfonamides is 1. The van der Waals surface area contributed by atoms with Crippen LogP contribution in [0.15, 0.2) is 68.8 Å². The predicted molar refractivity (Wildman–Crippen MR) is 171 cm³/mol. The smallest absolute Gasteiger partial charge is 0.294 e. The Labute approximate surface area is 258 Å². The van der Waals surface area contributed by atoms with Crippen molar-refractivity contribution in [3.05, 3.63) is 60.0 Å². The number of fused-ring (bicyclic) bond motifs is 2. The first-order valence-electron chi connectivity index (χ1n) is 14.6. The minimum Gasteiger partial charge on any atom is -0.456 e. The van der Waals surface area contributed by atoms with Crippen molar-refractivity contribution >= 4 is 36.8 Å². The third kappa shape index (κ3) is 6.53. The first-order chi connectivity index (χ1) is 20.9. The summed E-state index contributed by atoms with van der Waals surface area (Å²) in [6, 6.07) is 14.8. The lowest BCUT2D eigenvalue weighted by molar-refractivity contribution is 0.217. The number of benzene rings is 3. The number of aliphatic hydroxyl groups excluding tert-OH is 2. The van der Waals surface area contributed by atoms with E-state index in [4.69, 9.17) is 4.42 Å². The lowest BCUT2D eigenvalue weighted by Gasteiger charge is -2.25. The number of aliphatic hydroxyl groups is 2. The average molecular weight is 647 g/mol. The summed E-state index contributed by atoms with van der Waals surface area (Å²) in [6.45, 7) is 9.54. The largest absolute Gasteiger partial charge is 0.456 e. The molecular weight excluding hydrogens is 606 g/mol. The summed E-state index contributed by atoms with van der Waals surface area (Å²) in [5.74, 6) is 0.498. The summed E-state index contributed by atoms with van der Waals surface area (Å²) in [4.78, 5) is 1.16. The molecule has 1 aliphatic carbocycles. The van der Waals surface area contributed by atoms with Gasteiger partial charge in [0.25, 0.3) is 10.1 Å². The van der Waals surface area contributed by atoms with Crippen molar-refractivity contribution in [2.45, 2.75) is 37.5 Å². The number of hydrogen-bond donors (Lipinski definition) is 3. The summed E-state index contributed by atoms with van der Waals surface area (Å²) >= 11 is 0. The summed E-state index contributed by atoms with van der Waals surface area (Å²) in [6.07, 6.45) is 0. The van der Waals surface area contributed by atoms with E-state index in [9.17, 15) is 31.6 Å². The maximum atomic E-state index is 14.1. The third-order valence-electron chi connectivity index (χ3n) is 7.78. The second-order valence-electron chi connectivity index (χ2n) is 10.2. The van der Waals surface area contributed by atoms with E-state index >= 15 is 0 Å². The van der Waals surface area contributed by atoms with E-state index in [1.165, 1.54) is 6.07 Å². The molecule has 3 N–H and O–H groups in total. The fourth-order valence-electron chi connectivity index (χ4n) is 5.53. The molecule has 0 fully saturated rings. The molecule has 2 aliphatic rings. The molecule has 11 nitrogen and oxygen atoms in total. The van der Waals surface area contributed by atoms with Crippen LogP contribution in [0, 0.1) is 0 Å². The molecular formula is C31H40N3O8S2+. The molecule has 0 aromatic heterocycles. The molecule has 0 spiro atoms. The number of anilines is 1. The minimum atomic E-state index is -4.77. The van der Waals surface area contributed by atoms with Crippen LogP contribution >= 0.6 is 0 Å². The van der Waals surface area contributed by atoms with Gasteiger partial charge in [-0.2, -0.15) is 12.7 Å². The number of hydrogen-bond acceptors (Lipinski definition) is 8. The molecule has 13 heteroatoms. The predicted octanol–water partition coefficient (Wildman–Crippen LogP) is 3.08. The van der Waals surface area contributed by atoms with Crippen molar-refractivity contribution in [1.29, 1.82) is 0 Å². The SMILES string of the molecule is CCN(CC)c1ccc2c(-c3ccc(S(=O)(=O)O)cc3S(=O)(=O)N(CCO)CCO)c3ccc(=[N+](CC)CC)cc-3oc2c1. The molecule has 0 amide bonds. The lowest BCUT2D eigenvalue weighted by Crippen LogP contribution is -2.36. The lowest BCUT2D eigenvalue weighted by atomic mass is 9.93. The van der Waals surface area contributed by atoms with E-state index in [-0.39, 0.29) is 18.7 Å². The van der Waals surface area contributed by atoms with E-state index in [2.05, 4.69) is 9.48 Å². The van der Waals surface area contributed by atoms with Crippen LogP contribution in [0.25, 0.3) is 33.4 Å². The van der Waals surface area contributed by atoms with Gasteiger partial charge in [0, 0.05) is 66.1 Å². The van der Waals surface area contributed by atoms with E-state index in [1.807, 2.05) is 64.1 Å². The molecule has 0 unspecified atom stereocenters.